The monoisotopic (exact) mass is 318 g/mol. The molecular weight excluding hydrogens is 300 g/mol. The Hall–Kier alpha value is -2.18. The highest BCUT2D eigenvalue weighted by atomic mass is 16.6. The fourth-order valence-corrected chi connectivity index (χ4v) is 2.91. The number of anilines is 1. The maximum atomic E-state index is 10.6. The highest BCUT2D eigenvalue weighted by Crippen LogP contribution is 2.40. The summed E-state index contributed by atoms with van der Waals surface area (Å²) in [5.74, 6) is 5.98. The largest absolute Gasteiger partial charge is 0.394 e. The fourth-order valence-electron chi connectivity index (χ4n) is 2.91. The fraction of sp³-hybridized carbons (Fsp3) is 0.467. The van der Waals surface area contributed by atoms with E-state index in [1.807, 2.05) is 0 Å². The summed E-state index contributed by atoms with van der Waals surface area (Å²) < 4.78 is 7.19. The first-order chi connectivity index (χ1) is 10.9. The van der Waals surface area contributed by atoms with Crippen LogP contribution in [0, 0.1) is 11.8 Å². The van der Waals surface area contributed by atoms with Crippen molar-refractivity contribution >= 4 is 16.9 Å². The Labute approximate surface area is 132 Å². The van der Waals surface area contributed by atoms with Crippen molar-refractivity contribution in [3.8, 4) is 11.8 Å². The SMILES string of the molecule is CC#Cc1cn(C2OC(CO)[C@@H](O)[C@@]2(C)O)c2ncnc(N)c12. The normalized spacial score (nSPS) is 30.4. The quantitative estimate of drug-likeness (QED) is 0.544. The van der Waals surface area contributed by atoms with Crippen LogP contribution in [0.5, 0.6) is 0 Å². The van der Waals surface area contributed by atoms with Gasteiger partial charge in [0.1, 0.15) is 35.6 Å². The second-order valence-electron chi connectivity index (χ2n) is 5.66. The number of nitrogens with two attached hydrogens (primary N) is 1. The predicted octanol–water partition coefficient (Wildman–Crippen LogP) is -0.613. The number of aliphatic hydroxyl groups is 3. The van der Waals surface area contributed by atoms with E-state index in [-0.39, 0.29) is 5.82 Å². The van der Waals surface area contributed by atoms with Crippen LogP contribution in [0.25, 0.3) is 11.0 Å². The smallest absolute Gasteiger partial charge is 0.167 e. The third-order valence-electron chi connectivity index (χ3n) is 4.09. The van der Waals surface area contributed by atoms with Crippen LogP contribution in [0.2, 0.25) is 0 Å². The number of aromatic nitrogens is 3. The van der Waals surface area contributed by atoms with Gasteiger partial charge in [0, 0.05) is 6.20 Å². The molecule has 8 heteroatoms. The van der Waals surface area contributed by atoms with Gasteiger partial charge in [-0.2, -0.15) is 0 Å². The second kappa shape index (κ2) is 5.47. The Morgan fingerprint density at radius 3 is 2.83 bits per heavy atom. The number of nitrogens with zero attached hydrogens (tertiary/aromatic N) is 3. The van der Waals surface area contributed by atoms with Crippen LogP contribution in [0.3, 0.4) is 0 Å². The summed E-state index contributed by atoms with van der Waals surface area (Å²) in [6, 6.07) is 0. The standard InChI is InChI=1S/C15H18N4O4/c1-3-4-8-5-19(13-10(8)12(16)17-7-18-13)14-15(2,22)11(21)9(6-20)23-14/h5,7,9,11,14,20-22H,6H2,1-2H3,(H2,16,17,18)/t9?,11-,14?,15-/m1/s1. The number of aliphatic hydroxyl groups excluding tert-OH is 2. The molecule has 3 rings (SSSR count). The van der Waals surface area contributed by atoms with E-state index in [0.717, 1.165) is 0 Å². The molecule has 1 saturated heterocycles. The minimum absolute atomic E-state index is 0.267. The summed E-state index contributed by atoms with van der Waals surface area (Å²) in [7, 11) is 0. The molecule has 122 valence electrons. The maximum absolute atomic E-state index is 10.6. The molecule has 0 aliphatic carbocycles. The van der Waals surface area contributed by atoms with E-state index in [9.17, 15) is 15.3 Å². The van der Waals surface area contributed by atoms with Crippen LogP contribution in [-0.2, 0) is 4.74 Å². The molecule has 1 fully saturated rings. The molecule has 0 saturated carbocycles. The van der Waals surface area contributed by atoms with Gasteiger partial charge in [0.05, 0.1) is 17.6 Å². The Balaban J connectivity index is 2.21. The molecule has 2 aromatic heterocycles. The average molecular weight is 318 g/mol. The van der Waals surface area contributed by atoms with E-state index in [1.54, 1.807) is 17.7 Å². The van der Waals surface area contributed by atoms with Gasteiger partial charge in [-0.05, 0) is 13.8 Å². The molecular formula is C15H18N4O4. The molecule has 23 heavy (non-hydrogen) atoms. The molecule has 0 bridgehead atoms. The van der Waals surface area contributed by atoms with Crippen LogP contribution in [-0.4, -0.2) is 54.3 Å². The van der Waals surface area contributed by atoms with Gasteiger partial charge in [-0.15, -0.1) is 5.92 Å². The lowest BCUT2D eigenvalue weighted by atomic mass is 9.96. The molecule has 1 aliphatic heterocycles. The lowest BCUT2D eigenvalue weighted by Gasteiger charge is -2.27. The molecule has 5 N–H and O–H groups in total. The summed E-state index contributed by atoms with van der Waals surface area (Å²) in [5, 5.41) is 30.6. The number of hydrogen-bond donors (Lipinski definition) is 4. The van der Waals surface area contributed by atoms with E-state index in [1.165, 1.54) is 13.3 Å². The maximum Gasteiger partial charge on any atom is 0.167 e. The molecule has 4 atom stereocenters. The van der Waals surface area contributed by atoms with Crippen molar-refractivity contribution in [1.29, 1.82) is 0 Å². The minimum Gasteiger partial charge on any atom is -0.394 e. The zero-order chi connectivity index (χ0) is 16.8. The number of rotatable bonds is 2. The van der Waals surface area contributed by atoms with Crippen LogP contribution in [0.1, 0.15) is 25.6 Å². The Bertz CT molecular complexity index is 805. The van der Waals surface area contributed by atoms with E-state index in [4.69, 9.17) is 10.5 Å². The summed E-state index contributed by atoms with van der Waals surface area (Å²) in [6.07, 6.45) is -0.125. The first-order valence-corrected chi connectivity index (χ1v) is 7.12. The van der Waals surface area contributed by atoms with Gasteiger partial charge in [0.25, 0.3) is 0 Å². The van der Waals surface area contributed by atoms with Gasteiger partial charge in [0.15, 0.2) is 6.23 Å². The summed E-state index contributed by atoms with van der Waals surface area (Å²) in [6.45, 7) is 2.72. The molecule has 0 radical (unpaired) electrons. The van der Waals surface area contributed by atoms with Crippen LogP contribution >= 0.6 is 0 Å². The van der Waals surface area contributed by atoms with E-state index in [2.05, 4.69) is 21.8 Å². The van der Waals surface area contributed by atoms with E-state index < -0.39 is 30.6 Å². The van der Waals surface area contributed by atoms with Crippen LogP contribution < -0.4 is 5.73 Å². The first kappa shape index (κ1) is 15.7. The zero-order valence-corrected chi connectivity index (χ0v) is 12.8. The lowest BCUT2D eigenvalue weighted by molar-refractivity contribution is -0.0948. The van der Waals surface area contributed by atoms with Crippen molar-refractivity contribution in [2.24, 2.45) is 0 Å². The molecule has 0 amide bonds. The number of hydrogen-bond acceptors (Lipinski definition) is 7. The van der Waals surface area contributed by atoms with Gasteiger partial charge >= 0.3 is 0 Å². The van der Waals surface area contributed by atoms with Gasteiger partial charge in [0.2, 0.25) is 0 Å². The third kappa shape index (κ3) is 2.26. The third-order valence-corrected chi connectivity index (χ3v) is 4.09. The molecule has 3 heterocycles. The van der Waals surface area contributed by atoms with Gasteiger partial charge < -0.3 is 30.4 Å². The van der Waals surface area contributed by atoms with E-state index in [0.29, 0.717) is 16.6 Å². The molecule has 1 aliphatic rings. The topological polar surface area (TPSA) is 127 Å². The first-order valence-electron chi connectivity index (χ1n) is 7.12. The van der Waals surface area contributed by atoms with Gasteiger partial charge in [-0.1, -0.05) is 5.92 Å². The summed E-state index contributed by atoms with van der Waals surface area (Å²) in [5.41, 5.74) is 5.34. The Morgan fingerprint density at radius 2 is 2.22 bits per heavy atom. The van der Waals surface area contributed by atoms with Crippen LogP contribution in [0.4, 0.5) is 5.82 Å². The van der Waals surface area contributed by atoms with Gasteiger partial charge in [-0.25, -0.2) is 9.97 Å². The molecule has 2 unspecified atom stereocenters. The summed E-state index contributed by atoms with van der Waals surface area (Å²) >= 11 is 0. The molecule has 8 nitrogen and oxygen atoms in total. The lowest BCUT2D eigenvalue weighted by Crippen LogP contribution is -2.44. The average Bonchev–Trinajstić information content (AvgIpc) is 2.97. The number of fused-ring (bicyclic) bond motifs is 1. The van der Waals surface area contributed by atoms with Crippen molar-refractivity contribution in [3.05, 3.63) is 18.1 Å². The number of nitrogen functional groups attached to an aromatic ring is 1. The van der Waals surface area contributed by atoms with Crippen molar-refractivity contribution < 1.29 is 20.1 Å². The molecule has 2 aromatic rings. The van der Waals surface area contributed by atoms with E-state index >= 15 is 0 Å². The Morgan fingerprint density at radius 1 is 1.48 bits per heavy atom. The highest BCUT2D eigenvalue weighted by molar-refractivity contribution is 5.92. The Kier molecular flexibility index (Phi) is 3.74. The molecule has 0 aromatic carbocycles. The van der Waals surface area contributed by atoms with Crippen molar-refractivity contribution in [3.63, 3.8) is 0 Å². The van der Waals surface area contributed by atoms with Gasteiger partial charge in [-0.3, -0.25) is 0 Å². The second-order valence-corrected chi connectivity index (χ2v) is 5.66. The van der Waals surface area contributed by atoms with Crippen molar-refractivity contribution in [1.82, 2.24) is 14.5 Å². The zero-order valence-electron chi connectivity index (χ0n) is 12.8. The highest BCUT2D eigenvalue weighted by Gasteiger charge is 2.53. The van der Waals surface area contributed by atoms with Crippen LogP contribution in [0.15, 0.2) is 12.5 Å². The van der Waals surface area contributed by atoms with Crippen molar-refractivity contribution in [2.45, 2.75) is 37.9 Å². The summed E-state index contributed by atoms with van der Waals surface area (Å²) in [4.78, 5) is 8.17. The molecule has 0 spiro atoms. The predicted molar refractivity (Wildman–Crippen MR) is 82.1 cm³/mol. The van der Waals surface area contributed by atoms with Crippen molar-refractivity contribution in [2.75, 3.05) is 12.3 Å². The number of ether oxygens (including phenoxy) is 1. The minimum atomic E-state index is -1.62.